The number of thioether (sulfide) groups is 2. The van der Waals surface area contributed by atoms with E-state index in [-0.39, 0.29) is 16.4 Å². The summed E-state index contributed by atoms with van der Waals surface area (Å²) in [6, 6.07) is 3.49. The molecule has 1 heterocycles. The number of allylic oxidation sites excluding steroid dienone is 1. The van der Waals surface area contributed by atoms with E-state index in [9.17, 15) is 13.2 Å². The highest BCUT2D eigenvalue weighted by atomic mass is 36.6. The minimum Gasteiger partial charge on any atom is -0.253 e. The standard InChI is InChI=1S/C16H17Cl5F3N3S3/c1-5-13(29-16(22,23)24)10-26-12(4)27(30(17,18,19,20)21)11(3)15-14(28-6-2)8-7-9-25-15/h5,7-10H,1,3,6H2,2,4H3/b13-10+,26-12+. The molecule has 1 aromatic rings. The van der Waals surface area contributed by atoms with Crippen molar-refractivity contribution >= 4 is 93.0 Å². The first-order valence-corrected chi connectivity index (χ1v) is 16.2. The molecule has 0 atom stereocenters. The van der Waals surface area contributed by atoms with Crippen molar-refractivity contribution in [2.75, 3.05) is 5.75 Å². The fraction of sp³-hybridized carbons (Fsp3) is 0.250. The van der Waals surface area contributed by atoms with Gasteiger partial charge in [0, 0.05) is 22.2 Å². The number of pyridine rings is 1. The Hall–Kier alpha value is 0.130. The first kappa shape index (κ1) is 28.2. The number of alkyl halides is 3. The van der Waals surface area contributed by atoms with Crippen molar-refractivity contribution in [1.82, 2.24) is 9.29 Å². The molecule has 0 saturated carbocycles. The van der Waals surface area contributed by atoms with Gasteiger partial charge in [-0.3, -0.25) is 4.98 Å². The van der Waals surface area contributed by atoms with Crippen molar-refractivity contribution < 1.29 is 13.2 Å². The monoisotopic (exact) mass is 579 g/mol. The molecule has 0 bridgehead atoms. The van der Waals surface area contributed by atoms with Gasteiger partial charge in [-0.2, -0.15) is 13.2 Å². The lowest BCUT2D eigenvalue weighted by Crippen LogP contribution is -2.33. The molecule has 1 rings (SSSR count). The zero-order chi connectivity index (χ0) is 23.4. The maximum absolute atomic E-state index is 12.6. The predicted octanol–water partition coefficient (Wildman–Crippen LogP) is 9.73. The highest BCUT2D eigenvalue weighted by molar-refractivity contribution is 9.22. The molecule has 0 aliphatic heterocycles. The van der Waals surface area contributed by atoms with E-state index in [1.807, 2.05) is 6.92 Å². The van der Waals surface area contributed by atoms with E-state index in [0.29, 0.717) is 16.3 Å². The molecule has 0 aromatic carbocycles. The van der Waals surface area contributed by atoms with E-state index in [1.165, 1.54) is 24.9 Å². The molecule has 0 amide bonds. The fourth-order valence-electron chi connectivity index (χ4n) is 2.09. The van der Waals surface area contributed by atoms with Crippen LogP contribution in [0.2, 0.25) is 0 Å². The SMILES string of the molecule is C=C/C(=C\N=C(/C)N(C(=C)c1ncccc1SCC)S(Cl)(Cl)(Cl)(Cl)Cl)SC(F)(F)F. The summed E-state index contributed by atoms with van der Waals surface area (Å²) in [6.07, 6.45) is 3.39. The van der Waals surface area contributed by atoms with Gasteiger partial charge in [-0.15, -0.1) is 11.8 Å². The molecule has 0 radical (unpaired) electrons. The average Bonchev–Trinajstić information content (AvgIpc) is 2.55. The third kappa shape index (κ3) is 8.94. The number of amidine groups is 1. The Kier molecular flexibility index (Phi) is 8.96. The van der Waals surface area contributed by atoms with Gasteiger partial charge in [0.05, 0.1) is 10.2 Å². The maximum Gasteiger partial charge on any atom is 0.446 e. The normalized spacial score (nSPS) is 15.9. The Balaban J connectivity index is 3.57. The number of hydrogen-bond acceptors (Lipinski definition) is 4. The van der Waals surface area contributed by atoms with Crippen LogP contribution in [0.3, 0.4) is 0 Å². The van der Waals surface area contributed by atoms with Crippen LogP contribution in [0.25, 0.3) is 5.70 Å². The highest BCUT2D eigenvalue weighted by Crippen LogP contribution is 3.11. The van der Waals surface area contributed by atoms with Crippen molar-refractivity contribution in [1.29, 1.82) is 0 Å². The zero-order valence-electron chi connectivity index (χ0n) is 15.6. The molecule has 0 aliphatic carbocycles. The second-order valence-corrected chi connectivity index (χ2v) is 26.1. The molecule has 0 aliphatic rings. The number of aliphatic imine (C=N–C) groups is 1. The van der Waals surface area contributed by atoms with Crippen molar-refractivity contribution in [3.8, 4) is 0 Å². The molecule has 0 unspecified atom stereocenters. The first-order chi connectivity index (χ1) is 13.4. The summed E-state index contributed by atoms with van der Waals surface area (Å²) in [5, 5.41) is 0. The van der Waals surface area contributed by atoms with Gasteiger partial charge in [0.15, 0.2) is 0 Å². The third-order valence-corrected chi connectivity index (χ3v) is 7.95. The van der Waals surface area contributed by atoms with Crippen LogP contribution in [0.15, 0.2) is 58.6 Å². The third-order valence-electron chi connectivity index (χ3n) is 3.04. The first-order valence-electron chi connectivity index (χ1n) is 7.83. The average molecular weight is 582 g/mol. The molecular formula is C16H17Cl5F3N3S3. The van der Waals surface area contributed by atoms with Gasteiger partial charge in [0.1, 0.15) is 11.5 Å². The summed E-state index contributed by atoms with van der Waals surface area (Å²) in [7, 11) is 31.2. The summed E-state index contributed by atoms with van der Waals surface area (Å²) in [4.78, 5) is 8.64. The van der Waals surface area contributed by atoms with E-state index in [1.54, 1.807) is 12.1 Å². The summed E-state index contributed by atoms with van der Waals surface area (Å²) < 4.78 is 33.2. The van der Waals surface area contributed by atoms with Gasteiger partial charge in [-0.1, -0.05) is 26.2 Å². The predicted molar refractivity (Wildman–Crippen MR) is 133 cm³/mol. The molecule has 0 fully saturated rings. The zero-order valence-corrected chi connectivity index (χ0v) is 21.8. The number of hydrogen-bond donors (Lipinski definition) is 0. The van der Waals surface area contributed by atoms with Crippen LogP contribution in [-0.2, 0) is 0 Å². The molecule has 30 heavy (non-hydrogen) atoms. The van der Waals surface area contributed by atoms with Crippen molar-refractivity contribution in [2.45, 2.75) is 24.3 Å². The van der Waals surface area contributed by atoms with Crippen LogP contribution in [0.5, 0.6) is 0 Å². The van der Waals surface area contributed by atoms with E-state index in [2.05, 4.69) is 23.1 Å². The van der Waals surface area contributed by atoms with Gasteiger partial charge < -0.3 is 0 Å². The second-order valence-electron chi connectivity index (χ2n) is 5.41. The largest absolute Gasteiger partial charge is 0.446 e. The number of rotatable bonds is 8. The number of nitrogens with zero attached hydrogens (tertiary/aromatic N) is 3. The van der Waals surface area contributed by atoms with Gasteiger partial charge in [-0.25, -0.2) is 9.30 Å². The Morgan fingerprint density at radius 2 is 1.90 bits per heavy atom. The van der Waals surface area contributed by atoms with Crippen molar-refractivity contribution in [2.24, 2.45) is 4.99 Å². The lowest BCUT2D eigenvalue weighted by molar-refractivity contribution is -0.0321. The minimum atomic E-state index is -5.57. The van der Waals surface area contributed by atoms with Gasteiger partial charge in [-0.05, 0) is 90.0 Å². The Morgan fingerprint density at radius 1 is 1.30 bits per heavy atom. The van der Waals surface area contributed by atoms with Crippen LogP contribution < -0.4 is 0 Å². The molecule has 1 aromatic heterocycles. The molecule has 0 spiro atoms. The van der Waals surface area contributed by atoms with Gasteiger partial charge in [0.2, 0.25) is 0 Å². The molecular weight excluding hydrogens is 565 g/mol. The summed E-state index contributed by atoms with van der Waals surface area (Å²) in [5.74, 6) is 0.597. The topological polar surface area (TPSA) is 28.5 Å². The Bertz CT molecular complexity index is 884. The number of halogens is 8. The van der Waals surface area contributed by atoms with Gasteiger partial charge >= 0.3 is 5.51 Å². The lowest BCUT2D eigenvalue weighted by atomic mass is 10.3. The molecule has 0 N–H and O–H groups in total. The molecule has 3 nitrogen and oxygen atoms in total. The molecule has 0 saturated heterocycles. The van der Waals surface area contributed by atoms with Gasteiger partial charge in [0.25, 0.3) is 0 Å². The van der Waals surface area contributed by atoms with Crippen molar-refractivity contribution in [3.05, 3.63) is 54.4 Å². The van der Waals surface area contributed by atoms with E-state index in [0.717, 1.165) is 16.6 Å². The summed E-state index contributed by atoms with van der Waals surface area (Å²) in [6.45, 7) is 10.5. The van der Waals surface area contributed by atoms with Crippen LogP contribution in [0.1, 0.15) is 19.5 Å². The van der Waals surface area contributed by atoms with Crippen LogP contribution in [-0.4, -0.2) is 26.4 Å². The second kappa shape index (κ2) is 9.55. The Morgan fingerprint density at radius 3 is 2.37 bits per heavy atom. The van der Waals surface area contributed by atoms with E-state index >= 15 is 0 Å². The maximum atomic E-state index is 12.6. The number of aromatic nitrogens is 1. The van der Waals surface area contributed by atoms with E-state index < -0.39 is 21.8 Å². The molecule has 170 valence electrons. The summed E-state index contributed by atoms with van der Waals surface area (Å²) >= 11 is 1.05. The van der Waals surface area contributed by atoms with Crippen molar-refractivity contribution in [3.63, 3.8) is 0 Å². The van der Waals surface area contributed by atoms with Crippen LogP contribution >= 0.6 is 81.5 Å². The highest BCUT2D eigenvalue weighted by Gasteiger charge is 2.59. The van der Waals surface area contributed by atoms with E-state index in [4.69, 9.17) is 53.4 Å². The smallest absolute Gasteiger partial charge is 0.253 e. The quantitative estimate of drug-likeness (QED) is 0.132. The fourth-order valence-corrected chi connectivity index (χ4v) is 7.14. The molecule has 14 heteroatoms. The minimum absolute atomic E-state index is 0.0106. The van der Waals surface area contributed by atoms with Crippen LogP contribution in [0, 0.1) is 0 Å². The summed E-state index contributed by atoms with van der Waals surface area (Å²) in [5.41, 5.74) is -4.20. The lowest BCUT2D eigenvalue weighted by Gasteiger charge is -2.59. The van der Waals surface area contributed by atoms with Crippen LogP contribution in [0.4, 0.5) is 13.2 Å². The Labute approximate surface area is 203 Å².